The fourth-order valence-electron chi connectivity index (χ4n) is 2.80. The number of hydrogen-bond acceptors (Lipinski definition) is 9. The minimum absolute atomic E-state index is 0.0524. The van der Waals surface area contributed by atoms with Crippen molar-refractivity contribution in [1.29, 1.82) is 0 Å². The van der Waals surface area contributed by atoms with E-state index in [1.807, 2.05) is 5.43 Å². The number of nitro benzene ring substituents is 2. The number of hydrazone groups is 1. The van der Waals surface area contributed by atoms with E-state index in [1.54, 1.807) is 0 Å². The number of ether oxygens (including phenoxy) is 2. The molecule has 0 aliphatic rings. The molecule has 0 unspecified atom stereocenters. The SMILES string of the molecule is COc1cc(C=NNC(=O)C(=O)Nc2ccc(Br)cc2F)ccc1Oc1ccc([N+](=O)[O-])cc1[N+](=O)[O-]. The van der Waals surface area contributed by atoms with E-state index in [4.69, 9.17) is 9.47 Å². The molecule has 0 radical (unpaired) electrons. The van der Waals surface area contributed by atoms with Crippen LogP contribution in [0.5, 0.6) is 17.2 Å². The van der Waals surface area contributed by atoms with Crippen molar-refractivity contribution in [1.82, 2.24) is 5.43 Å². The number of halogens is 2. The van der Waals surface area contributed by atoms with E-state index in [0.717, 1.165) is 24.3 Å². The average Bonchev–Trinajstić information content (AvgIpc) is 2.86. The molecule has 0 aliphatic carbocycles. The maximum Gasteiger partial charge on any atom is 0.329 e. The Bertz CT molecular complexity index is 1430. The van der Waals surface area contributed by atoms with E-state index in [1.165, 1.54) is 43.7 Å². The van der Waals surface area contributed by atoms with Crippen LogP contribution in [0, 0.1) is 26.0 Å². The molecule has 2 N–H and O–H groups in total. The van der Waals surface area contributed by atoms with Gasteiger partial charge in [0.25, 0.3) is 5.69 Å². The fraction of sp³-hybridized carbons (Fsp3) is 0.0455. The summed E-state index contributed by atoms with van der Waals surface area (Å²) in [5.41, 5.74) is 1.08. The molecule has 0 bridgehead atoms. The summed E-state index contributed by atoms with van der Waals surface area (Å²) in [5, 5.41) is 28.0. The molecule has 13 nitrogen and oxygen atoms in total. The molecule has 37 heavy (non-hydrogen) atoms. The molecule has 3 rings (SSSR count). The summed E-state index contributed by atoms with van der Waals surface area (Å²) in [6.45, 7) is 0. The molecular formula is C22H15BrFN5O8. The molecule has 15 heteroatoms. The van der Waals surface area contributed by atoms with Gasteiger partial charge in [-0.1, -0.05) is 15.9 Å². The van der Waals surface area contributed by atoms with Crippen molar-refractivity contribution < 1.29 is 33.3 Å². The van der Waals surface area contributed by atoms with Crippen LogP contribution in [-0.4, -0.2) is 35.0 Å². The van der Waals surface area contributed by atoms with E-state index in [-0.39, 0.29) is 22.9 Å². The Hall–Kier alpha value is -4.92. The molecule has 3 aromatic rings. The highest BCUT2D eigenvalue weighted by Crippen LogP contribution is 2.38. The first-order valence-corrected chi connectivity index (χ1v) is 10.8. The minimum atomic E-state index is -1.16. The summed E-state index contributed by atoms with van der Waals surface area (Å²) in [7, 11) is 1.31. The van der Waals surface area contributed by atoms with Crippen molar-refractivity contribution in [2.24, 2.45) is 5.10 Å². The van der Waals surface area contributed by atoms with Crippen LogP contribution in [0.4, 0.5) is 21.5 Å². The summed E-state index contributed by atoms with van der Waals surface area (Å²) in [6, 6.07) is 11.0. The lowest BCUT2D eigenvalue weighted by molar-refractivity contribution is -0.394. The molecular weight excluding hydrogens is 561 g/mol. The molecule has 0 saturated heterocycles. The van der Waals surface area contributed by atoms with Crippen LogP contribution < -0.4 is 20.2 Å². The third-order valence-electron chi connectivity index (χ3n) is 4.52. The predicted octanol–water partition coefficient (Wildman–Crippen LogP) is 4.29. The second-order valence-corrected chi connectivity index (χ2v) is 7.87. The number of hydrogen-bond donors (Lipinski definition) is 2. The van der Waals surface area contributed by atoms with Gasteiger partial charge in [0.1, 0.15) is 5.82 Å². The van der Waals surface area contributed by atoms with Gasteiger partial charge in [-0.3, -0.25) is 29.8 Å². The molecule has 0 saturated carbocycles. The first-order valence-electron chi connectivity index (χ1n) is 9.97. The third-order valence-corrected chi connectivity index (χ3v) is 5.02. The van der Waals surface area contributed by atoms with Crippen molar-refractivity contribution in [3.05, 3.63) is 90.7 Å². The summed E-state index contributed by atoms with van der Waals surface area (Å²) < 4.78 is 25.0. The lowest BCUT2D eigenvalue weighted by Crippen LogP contribution is -2.32. The van der Waals surface area contributed by atoms with E-state index in [9.17, 15) is 34.2 Å². The number of non-ortho nitro benzene ring substituents is 1. The monoisotopic (exact) mass is 575 g/mol. The number of nitro groups is 2. The van der Waals surface area contributed by atoms with Crippen molar-refractivity contribution in [2.75, 3.05) is 12.4 Å². The smallest absolute Gasteiger partial charge is 0.329 e. The maximum atomic E-state index is 13.8. The Morgan fingerprint density at radius 3 is 2.35 bits per heavy atom. The number of nitrogens with zero attached hydrogens (tertiary/aromatic N) is 3. The zero-order valence-electron chi connectivity index (χ0n) is 18.6. The number of anilines is 1. The van der Waals surface area contributed by atoms with Gasteiger partial charge in [-0.25, -0.2) is 9.82 Å². The Labute approximate surface area is 215 Å². The Morgan fingerprint density at radius 2 is 1.70 bits per heavy atom. The Kier molecular flexibility index (Phi) is 8.42. The second kappa shape index (κ2) is 11.7. The standard InChI is InChI=1S/C22H15BrFN5O8/c1-36-20-8-12(11-25-27-22(31)21(30)26-16-5-3-13(23)9-15(16)24)2-6-19(20)37-18-7-4-14(28(32)33)10-17(18)29(34)35/h2-11H,1H3,(H,26,30)(H,27,31). The zero-order chi connectivity index (χ0) is 27.1. The van der Waals surface area contributed by atoms with Crippen LogP contribution in [0.15, 0.2) is 64.2 Å². The second-order valence-electron chi connectivity index (χ2n) is 6.96. The zero-order valence-corrected chi connectivity index (χ0v) is 20.2. The summed E-state index contributed by atoms with van der Waals surface area (Å²) in [6.07, 6.45) is 1.17. The first kappa shape index (κ1) is 26.7. The van der Waals surface area contributed by atoms with Crippen LogP contribution in [0.3, 0.4) is 0 Å². The van der Waals surface area contributed by atoms with Crippen molar-refractivity contribution in [2.45, 2.75) is 0 Å². The average molecular weight is 576 g/mol. The Balaban J connectivity index is 1.69. The molecule has 0 fully saturated rings. The van der Waals surface area contributed by atoms with Gasteiger partial charge in [-0.05, 0) is 48.0 Å². The van der Waals surface area contributed by atoms with E-state index in [2.05, 4.69) is 26.3 Å². The van der Waals surface area contributed by atoms with E-state index in [0.29, 0.717) is 10.0 Å². The van der Waals surface area contributed by atoms with Gasteiger partial charge in [0.2, 0.25) is 5.75 Å². The fourth-order valence-corrected chi connectivity index (χ4v) is 3.13. The molecule has 2 amide bonds. The number of nitrogens with one attached hydrogen (secondary N) is 2. The number of rotatable bonds is 8. The lowest BCUT2D eigenvalue weighted by atomic mass is 10.2. The summed E-state index contributed by atoms with van der Waals surface area (Å²) >= 11 is 3.08. The highest BCUT2D eigenvalue weighted by atomic mass is 79.9. The highest BCUT2D eigenvalue weighted by molar-refractivity contribution is 9.10. The molecule has 190 valence electrons. The topological polar surface area (TPSA) is 175 Å². The van der Waals surface area contributed by atoms with E-state index >= 15 is 0 Å². The van der Waals surface area contributed by atoms with Gasteiger partial charge < -0.3 is 14.8 Å². The largest absolute Gasteiger partial charge is 0.493 e. The lowest BCUT2D eigenvalue weighted by Gasteiger charge is -2.11. The van der Waals surface area contributed by atoms with Gasteiger partial charge in [-0.15, -0.1) is 0 Å². The third kappa shape index (κ3) is 6.82. The van der Waals surface area contributed by atoms with Crippen LogP contribution >= 0.6 is 15.9 Å². The number of benzene rings is 3. The molecule has 0 aromatic heterocycles. The molecule has 0 heterocycles. The van der Waals surface area contributed by atoms with Gasteiger partial charge in [0.15, 0.2) is 11.5 Å². The van der Waals surface area contributed by atoms with E-state index < -0.39 is 38.9 Å². The quantitative estimate of drug-likeness (QED) is 0.173. The van der Waals surface area contributed by atoms with Crippen LogP contribution in [-0.2, 0) is 9.59 Å². The summed E-state index contributed by atoms with van der Waals surface area (Å²) in [4.78, 5) is 44.5. The first-order chi connectivity index (χ1) is 17.6. The number of amides is 2. The molecule has 0 aliphatic heterocycles. The minimum Gasteiger partial charge on any atom is -0.493 e. The highest BCUT2D eigenvalue weighted by Gasteiger charge is 2.22. The van der Waals surface area contributed by atoms with Crippen LogP contribution in [0.1, 0.15) is 5.56 Å². The number of methoxy groups -OCH3 is 1. The molecule has 0 spiro atoms. The van der Waals surface area contributed by atoms with Gasteiger partial charge in [-0.2, -0.15) is 5.10 Å². The van der Waals surface area contributed by atoms with Crippen molar-refractivity contribution >= 4 is 51.0 Å². The van der Waals surface area contributed by atoms with Gasteiger partial charge >= 0.3 is 17.5 Å². The number of carbonyl (C=O) groups is 2. The number of carbonyl (C=O) groups excluding carboxylic acids is 2. The van der Waals surface area contributed by atoms with Gasteiger partial charge in [0.05, 0.1) is 34.9 Å². The molecule has 0 atom stereocenters. The van der Waals surface area contributed by atoms with Crippen molar-refractivity contribution in [3.8, 4) is 17.2 Å². The maximum absolute atomic E-state index is 13.8. The molecule has 3 aromatic carbocycles. The predicted molar refractivity (Wildman–Crippen MR) is 131 cm³/mol. The Morgan fingerprint density at radius 1 is 0.973 bits per heavy atom. The van der Waals surface area contributed by atoms with Crippen LogP contribution in [0.25, 0.3) is 0 Å². The van der Waals surface area contributed by atoms with Crippen LogP contribution in [0.2, 0.25) is 0 Å². The van der Waals surface area contributed by atoms with Gasteiger partial charge in [0, 0.05) is 10.5 Å². The normalized spacial score (nSPS) is 10.6. The van der Waals surface area contributed by atoms with Crippen molar-refractivity contribution in [3.63, 3.8) is 0 Å². The summed E-state index contributed by atoms with van der Waals surface area (Å²) in [5.74, 6) is -3.13.